The first-order chi connectivity index (χ1) is 19.0. The quantitative estimate of drug-likeness (QED) is 0.331. The van der Waals surface area contributed by atoms with E-state index in [0.29, 0.717) is 5.69 Å². The van der Waals surface area contributed by atoms with Crippen molar-refractivity contribution in [3.05, 3.63) is 71.3 Å². The largest absolute Gasteiger partial charge is 0.459 e. The van der Waals surface area contributed by atoms with Crippen molar-refractivity contribution < 1.29 is 28.7 Å². The molecule has 0 aliphatic heterocycles. The van der Waals surface area contributed by atoms with Crippen molar-refractivity contribution in [3.8, 4) is 0 Å². The van der Waals surface area contributed by atoms with Gasteiger partial charge in [0.1, 0.15) is 24.3 Å². The van der Waals surface area contributed by atoms with Crippen LogP contribution in [0.15, 0.2) is 54.6 Å². The van der Waals surface area contributed by atoms with E-state index in [0.717, 1.165) is 26.8 Å². The molecule has 0 spiro atoms. The molecule has 0 aliphatic rings. The first-order valence-corrected chi connectivity index (χ1v) is 13.4. The van der Waals surface area contributed by atoms with Crippen LogP contribution in [0.4, 0.5) is 16.2 Å². The average Bonchev–Trinajstić information content (AvgIpc) is 2.83. The number of para-hydroxylation sites is 1. The fourth-order valence-electron chi connectivity index (χ4n) is 4.23. The summed E-state index contributed by atoms with van der Waals surface area (Å²) in [4.78, 5) is 53.7. The van der Waals surface area contributed by atoms with Gasteiger partial charge in [-0.1, -0.05) is 42.5 Å². The van der Waals surface area contributed by atoms with Gasteiger partial charge < -0.3 is 25.0 Å². The van der Waals surface area contributed by atoms with Crippen molar-refractivity contribution in [3.63, 3.8) is 0 Å². The van der Waals surface area contributed by atoms with Crippen LogP contribution in [0.2, 0.25) is 0 Å². The van der Waals surface area contributed by atoms with Gasteiger partial charge in [0.05, 0.1) is 11.3 Å². The Bertz CT molecular complexity index is 1420. The summed E-state index contributed by atoms with van der Waals surface area (Å²) in [6.07, 6.45) is 0. The summed E-state index contributed by atoms with van der Waals surface area (Å²) < 4.78 is 10.9. The number of hydrogen-bond acceptors (Lipinski definition) is 6. The number of nitrogens with one attached hydrogen (secondary N) is 2. The Kier molecular flexibility index (Phi) is 9.42. The summed E-state index contributed by atoms with van der Waals surface area (Å²) in [5.41, 5.74) is 1.17. The van der Waals surface area contributed by atoms with E-state index in [-0.39, 0.29) is 11.3 Å². The van der Waals surface area contributed by atoms with Gasteiger partial charge in [0.15, 0.2) is 0 Å². The van der Waals surface area contributed by atoms with Gasteiger partial charge in [-0.25, -0.2) is 4.79 Å². The zero-order valence-corrected chi connectivity index (χ0v) is 25.0. The van der Waals surface area contributed by atoms with Gasteiger partial charge in [0, 0.05) is 5.69 Å². The monoisotopic (exact) mass is 561 g/mol. The number of aryl methyl sites for hydroxylation is 2. The van der Waals surface area contributed by atoms with E-state index in [4.69, 9.17) is 9.47 Å². The highest BCUT2D eigenvalue weighted by molar-refractivity contribution is 6.10. The van der Waals surface area contributed by atoms with Gasteiger partial charge in [-0.05, 0) is 89.4 Å². The summed E-state index contributed by atoms with van der Waals surface area (Å²) in [7, 11) is 0. The summed E-state index contributed by atoms with van der Waals surface area (Å²) >= 11 is 0. The highest BCUT2D eigenvalue weighted by Gasteiger charge is 2.29. The SMILES string of the molecule is Cc1cccc(C)c1NC(=O)Nc1cc2ccccc2cc1C(=O)N(CC(=O)OC(C)(C)C)CC(=O)OC(C)(C)C. The van der Waals surface area contributed by atoms with Gasteiger partial charge in [-0.3, -0.25) is 14.4 Å². The molecule has 0 heterocycles. The predicted octanol–water partition coefficient (Wildman–Crippen LogP) is 6.23. The second-order valence-corrected chi connectivity index (χ2v) is 11.9. The highest BCUT2D eigenvalue weighted by atomic mass is 16.6. The van der Waals surface area contributed by atoms with Gasteiger partial charge in [0.25, 0.3) is 5.91 Å². The molecule has 3 aromatic rings. The normalized spacial score (nSPS) is 11.5. The zero-order chi connectivity index (χ0) is 30.5. The summed E-state index contributed by atoms with van der Waals surface area (Å²) in [5, 5.41) is 7.19. The Labute approximate surface area is 241 Å². The number of fused-ring (bicyclic) bond motifs is 1. The lowest BCUT2D eigenvalue weighted by molar-refractivity contribution is -0.158. The first-order valence-electron chi connectivity index (χ1n) is 13.4. The molecule has 0 radical (unpaired) electrons. The fourth-order valence-corrected chi connectivity index (χ4v) is 4.23. The number of esters is 2. The Morgan fingerprint density at radius 1 is 0.707 bits per heavy atom. The summed E-state index contributed by atoms with van der Waals surface area (Å²) in [5.74, 6) is -2.01. The number of benzene rings is 3. The van der Waals surface area contributed by atoms with Crippen molar-refractivity contribution in [2.75, 3.05) is 23.7 Å². The van der Waals surface area contributed by atoms with Gasteiger partial charge in [0.2, 0.25) is 0 Å². The lowest BCUT2D eigenvalue weighted by Crippen LogP contribution is -2.43. The Balaban J connectivity index is 2.00. The third-order valence-corrected chi connectivity index (χ3v) is 5.85. The molecule has 0 aromatic heterocycles. The number of carbonyl (C=O) groups excluding carboxylic acids is 4. The van der Waals surface area contributed by atoms with Crippen LogP contribution >= 0.6 is 0 Å². The lowest BCUT2D eigenvalue weighted by Gasteiger charge is -2.27. The van der Waals surface area contributed by atoms with E-state index in [1.54, 1.807) is 53.7 Å². The van der Waals surface area contributed by atoms with E-state index in [2.05, 4.69) is 10.6 Å². The molecule has 3 amide bonds. The molecule has 0 unspecified atom stereocenters. The summed E-state index contributed by atoms with van der Waals surface area (Å²) in [6, 6.07) is 15.8. The number of rotatable bonds is 7. The van der Waals surface area contributed by atoms with Gasteiger partial charge >= 0.3 is 18.0 Å². The molecule has 2 N–H and O–H groups in total. The van der Waals surface area contributed by atoms with Crippen LogP contribution in [-0.4, -0.2) is 53.1 Å². The Morgan fingerprint density at radius 3 is 1.68 bits per heavy atom. The van der Waals surface area contributed by atoms with Crippen LogP contribution < -0.4 is 10.6 Å². The molecule has 3 rings (SSSR count). The van der Waals surface area contributed by atoms with Gasteiger partial charge in [-0.15, -0.1) is 0 Å². The fraction of sp³-hybridized carbons (Fsp3) is 0.375. The van der Waals surface area contributed by atoms with Crippen LogP contribution in [0.1, 0.15) is 63.0 Å². The number of carbonyl (C=O) groups is 4. The molecule has 218 valence electrons. The third-order valence-electron chi connectivity index (χ3n) is 5.85. The molecule has 0 atom stereocenters. The molecule has 3 aromatic carbocycles. The summed E-state index contributed by atoms with van der Waals surface area (Å²) in [6.45, 7) is 13.1. The van der Waals surface area contributed by atoms with E-state index in [1.165, 1.54) is 0 Å². The average molecular weight is 562 g/mol. The molecule has 0 fully saturated rings. The minimum absolute atomic E-state index is 0.104. The number of hydrogen-bond donors (Lipinski definition) is 2. The predicted molar refractivity (Wildman–Crippen MR) is 160 cm³/mol. The van der Waals surface area contributed by atoms with E-state index < -0.39 is 48.2 Å². The van der Waals surface area contributed by atoms with Crippen molar-refractivity contribution in [2.24, 2.45) is 0 Å². The lowest BCUT2D eigenvalue weighted by atomic mass is 10.0. The molecular weight excluding hydrogens is 522 g/mol. The molecule has 0 bridgehead atoms. The van der Waals surface area contributed by atoms with Crippen LogP contribution in [-0.2, 0) is 19.1 Å². The Hall–Kier alpha value is -4.40. The second kappa shape index (κ2) is 12.4. The van der Waals surface area contributed by atoms with E-state index >= 15 is 0 Å². The molecule has 41 heavy (non-hydrogen) atoms. The molecule has 0 saturated heterocycles. The van der Waals surface area contributed by atoms with Crippen LogP contribution in [0.25, 0.3) is 10.8 Å². The minimum Gasteiger partial charge on any atom is -0.459 e. The van der Waals surface area contributed by atoms with Crippen LogP contribution in [0, 0.1) is 13.8 Å². The highest BCUT2D eigenvalue weighted by Crippen LogP contribution is 2.27. The molecule has 9 heteroatoms. The van der Waals surface area contributed by atoms with Crippen molar-refractivity contribution in [1.29, 1.82) is 0 Å². The van der Waals surface area contributed by atoms with Crippen LogP contribution in [0.5, 0.6) is 0 Å². The number of urea groups is 1. The van der Waals surface area contributed by atoms with E-state index in [1.807, 2.05) is 56.3 Å². The first kappa shape index (κ1) is 31.1. The second-order valence-electron chi connectivity index (χ2n) is 11.9. The molecule has 0 aliphatic carbocycles. The third kappa shape index (κ3) is 9.06. The maximum absolute atomic E-state index is 14.0. The smallest absolute Gasteiger partial charge is 0.326 e. The Morgan fingerprint density at radius 2 is 1.20 bits per heavy atom. The van der Waals surface area contributed by atoms with Crippen molar-refractivity contribution in [1.82, 2.24) is 4.90 Å². The number of anilines is 2. The van der Waals surface area contributed by atoms with Crippen molar-refractivity contribution in [2.45, 2.75) is 66.6 Å². The number of amides is 3. The topological polar surface area (TPSA) is 114 Å². The standard InChI is InChI=1S/C32H39N3O6/c1-20-12-11-13-21(2)28(20)34-30(39)33-25-17-23-15-10-9-14-22(23)16-24(25)29(38)35(18-26(36)40-31(3,4)5)19-27(37)41-32(6,7)8/h9-17H,18-19H2,1-8H3,(H2,33,34,39). The molecule has 0 saturated carbocycles. The van der Waals surface area contributed by atoms with Crippen LogP contribution in [0.3, 0.4) is 0 Å². The van der Waals surface area contributed by atoms with E-state index in [9.17, 15) is 19.2 Å². The van der Waals surface area contributed by atoms with Gasteiger partial charge in [-0.2, -0.15) is 0 Å². The number of nitrogens with zero attached hydrogens (tertiary/aromatic N) is 1. The number of ether oxygens (including phenoxy) is 2. The molecule has 9 nitrogen and oxygen atoms in total. The van der Waals surface area contributed by atoms with Crippen molar-refractivity contribution >= 4 is 46.0 Å². The minimum atomic E-state index is -0.792. The maximum atomic E-state index is 14.0. The molecular formula is C32H39N3O6. The zero-order valence-electron chi connectivity index (χ0n) is 25.0. The maximum Gasteiger partial charge on any atom is 0.326 e.